The molecule has 0 amide bonds. The summed E-state index contributed by atoms with van der Waals surface area (Å²) in [6.45, 7) is 3.99. The molecule has 0 N–H and O–H groups in total. The summed E-state index contributed by atoms with van der Waals surface area (Å²) in [5.74, 6) is 2.49. The SMILES string of the molecule is Cc1nc(N2CCC(Cc3ccccc3)CC2)c2oc3ccccc3c2n1. The molecular formula is C23H23N3O. The van der Waals surface area contributed by atoms with Crippen molar-refractivity contribution in [2.24, 2.45) is 5.92 Å². The molecule has 0 unspecified atom stereocenters. The summed E-state index contributed by atoms with van der Waals surface area (Å²) in [6.07, 6.45) is 3.52. The van der Waals surface area contributed by atoms with E-state index in [1.165, 1.54) is 18.4 Å². The molecule has 0 aliphatic carbocycles. The van der Waals surface area contributed by atoms with E-state index in [1.54, 1.807) is 0 Å². The number of piperidine rings is 1. The molecule has 0 radical (unpaired) electrons. The largest absolute Gasteiger partial charge is 0.450 e. The van der Waals surface area contributed by atoms with Crippen LogP contribution in [-0.4, -0.2) is 23.1 Å². The number of aromatic nitrogens is 2. The molecule has 3 heterocycles. The van der Waals surface area contributed by atoms with Crippen LogP contribution in [0.4, 0.5) is 5.82 Å². The van der Waals surface area contributed by atoms with Gasteiger partial charge >= 0.3 is 0 Å². The number of benzene rings is 2. The number of para-hydroxylation sites is 1. The van der Waals surface area contributed by atoms with Gasteiger partial charge < -0.3 is 9.32 Å². The Labute approximate surface area is 158 Å². The third-order valence-corrected chi connectivity index (χ3v) is 5.59. The maximum Gasteiger partial charge on any atom is 0.196 e. The van der Waals surface area contributed by atoms with Crippen molar-refractivity contribution in [3.05, 3.63) is 66.0 Å². The van der Waals surface area contributed by atoms with Gasteiger partial charge in [-0.3, -0.25) is 0 Å². The van der Waals surface area contributed by atoms with Crippen molar-refractivity contribution in [2.45, 2.75) is 26.2 Å². The predicted octanol–water partition coefficient (Wildman–Crippen LogP) is 5.14. The summed E-state index contributed by atoms with van der Waals surface area (Å²) in [4.78, 5) is 11.8. The van der Waals surface area contributed by atoms with E-state index in [1.807, 2.05) is 25.1 Å². The van der Waals surface area contributed by atoms with Crippen molar-refractivity contribution in [1.82, 2.24) is 9.97 Å². The first-order valence-corrected chi connectivity index (χ1v) is 9.73. The van der Waals surface area contributed by atoms with Crippen molar-refractivity contribution in [2.75, 3.05) is 18.0 Å². The Bertz CT molecular complexity index is 1080. The molecule has 1 fully saturated rings. The number of rotatable bonds is 3. The van der Waals surface area contributed by atoms with E-state index in [0.29, 0.717) is 0 Å². The zero-order valence-corrected chi connectivity index (χ0v) is 15.6. The Morgan fingerprint density at radius 1 is 0.963 bits per heavy atom. The highest BCUT2D eigenvalue weighted by Crippen LogP contribution is 2.34. The third-order valence-electron chi connectivity index (χ3n) is 5.59. The van der Waals surface area contributed by atoms with Crippen LogP contribution < -0.4 is 4.90 Å². The van der Waals surface area contributed by atoms with Gasteiger partial charge in [-0.05, 0) is 49.8 Å². The minimum Gasteiger partial charge on any atom is -0.450 e. The third kappa shape index (κ3) is 3.05. The fraction of sp³-hybridized carbons (Fsp3) is 0.304. The van der Waals surface area contributed by atoms with Gasteiger partial charge in [-0.1, -0.05) is 42.5 Å². The summed E-state index contributed by atoms with van der Waals surface area (Å²) < 4.78 is 6.15. The Kier molecular flexibility index (Phi) is 4.04. The molecule has 2 aromatic heterocycles. The molecule has 1 saturated heterocycles. The van der Waals surface area contributed by atoms with E-state index < -0.39 is 0 Å². The molecular weight excluding hydrogens is 334 g/mol. The Hall–Kier alpha value is -2.88. The zero-order chi connectivity index (χ0) is 18.2. The summed E-state index contributed by atoms with van der Waals surface area (Å²) in [5.41, 5.74) is 4.07. The molecule has 136 valence electrons. The minimum atomic E-state index is 0.734. The van der Waals surface area contributed by atoms with Crippen molar-refractivity contribution < 1.29 is 4.42 Å². The minimum absolute atomic E-state index is 0.734. The van der Waals surface area contributed by atoms with Crippen LogP contribution in [0, 0.1) is 12.8 Å². The summed E-state index contributed by atoms with van der Waals surface area (Å²) >= 11 is 0. The van der Waals surface area contributed by atoms with Crippen molar-refractivity contribution in [3.63, 3.8) is 0 Å². The van der Waals surface area contributed by atoms with Gasteiger partial charge in [0.2, 0.25) is 0 Å². The van der Waals surface area contributed by atoms with Gasteiger partial charge in [0, 0.05) is 18.5 Å². The topological polar surface area (TPSA) is 42.2 Å². The number of anilines is 1. The molecule has 27 heavy (non-hydrogen) atoms. The lowest BCUT2D eigenvalue weighted by Crippen LogP contribution is -2.35. The van der Waals surface area contributed by atoms with Crippen LogP contribution in [0.5, 0.6) is 0 Å². The Balaban J connectivity index is 1.41. The first-order chi connectivity index (χ1) is 13.3. The van der Waals surface area contributed by atoms with Crippen LogP contribution >= 0.6 is 0 Å². The zero-order valence-electron chi connectivity index (χ0n) is 15.6. The lowest BCUT2D eigenvalue weighted by Gasteiger charge is -2.32. The quantitative estimate of drug-likeness (QED) is 0.509. The fourth-order valence-corrected chi connectivity index (χ4v) is 4.20. The number of furan rings is 1. The van der Waals surface area contributed by atoms with E-state index in [4.69, 9.17) is 9.40 Å². The van der Waals surface area contributed by atoms with Gasteiger partial charge in [-0.2, -0.15) is 0 Å². The number of hydrogen-bond acceptors (Lipinski definition) is 4. The second-order valence-electron chi connectivity index (χ2n) is 7.49. The fourth-order valence-electron chi connectivity index (χ4n) is 4.20. The molecule has 2 aromatic carbocycles. The van der Waals surface area contributed by atoms with Crippen LogP contribution in [0.25, 0.3) is 22.1 Å². The maximum absolute atomic E-state index is 6.15. The van der Waals surface area contributed by atoms with E-state index in [-0.39, 0.29) is 0 Å². The van der Waals surface area contributed by atoms with Crippen molar-refractivity contribution in [1.29, 1.82) is 0 Å². The molecule has 1 aliphatic rings. The van der Waals surface area contributed by atoms with E-state index >= 15 is 0 Å². The van der Waals surface area contributed by atoms with Gasteiger partial charge in [0.25, 0.3) is 0 Å². The van der Waals surface area contributed by atoms with E-state index in [2.05, 4.69) is 46.3 Å². The number of nitrogens with zero attached hydrogens (tertiary/aromatic N) is 3. The highest BCUT2D eigenvalue weighted by atomic mass is 16.3. The normalized spacial score (nSPS) is 15.7. The average Bonchev–Trinajstić information content (AvgIpc) is 3.07. The number of fused-ring (bicyclic) bond motifs is 3. The maximum atomic E-state index is 6.15. The highest BCUT2D eigenvalue weighted by molar-refractivity contribution is 6.05. The van der Waals surface area contributed by atoms with Crippen LogP contribution in [0.15, 0.2) is 59.0 Å². The molecule has 4 nitrogen and oxygen atoms in total. The Morgan fingerprint density at radius 2 is 1.70 bits per heavy atom. The molecule has 5 rings (SSSR count). The molecule has 0 bridgehead atoms. The summed E-state index contributed by atoms with van der Waals surface area (Å²) in [5, 5.41) is 1.07. The standard InChI is InChI=1S/C23H23N3O/c1-16-24-21-19-9-5-6-10-20(19)27-22(21)23(25-16)26-13-11-18(12-14-26)15-17-7-3-2-4-8-17/h2-10,18H,11-15H2,1H3. The highest BCUT2D eigenvalue weighted by Gasteiger charge is 2.24. The molecule has 1 aliphatic heterocycles. The molecule has 4 aromatic rings. The van der Waals surface area contributed by atoms with Crippen LogP contribution in [0.2, 0.25) is 0 Å². The Morgan fingerprint density at radius 3 is 2.52 bits per heavy atom. The second kappa shape index (κ2) is 6.69. The number of hydrogen-bond donors (Lipinski definition) is 0. The molecule has 0 atom stereocenters. The monoisotopic (exact) mass is 357 g/mol. The van der Waals surface area contributed by atoms with Gasteiger partial charge in [-0.25, -0.2) is 9.97 Å². The van der Waals surface area contributed by atoms with E-state index in [9.17, 15) is 0 Å². The first kappa shape index (κ1) is 16.3. The lowest BCUT2D eigenvalue weighted by atomic mass is 9.90. The van der Waals surface area contributed by atoms with Crippen LogP contribution in [0.3, 0.4) is 0 Å². The predicted molar refractivity (Wildman–Crippen MR) is 109 cm³/mol. The smallest absolute Gasteiger partial charge is 0.196 e. The van der Waals surface area contributed by atoms with Crippen molar-refractivity contribution >= 4 is 27.9 Å². The summed E-state index contributed by atoms with van der Waals surface area (Å²) in [7, 11) is 0. The van der Waals surface area contributed by atoms with Crippen LogP contribution in [-0.2, 0) is 6.42 Å². The molecule has 0 spiro atoms. The van der Waals surface area contributed by atoms with Gasteiger partial charge in [0.15, 0.2) is 11.4 Å². The first-order valence-electron chi connectivity index (χ1n) is 9.73. The van der Waals surface area contributed by atoms with E-state index in [0.717, 1.165) is 59.1 Å². The average molecular weight is 357 g/mol. The van der Waals surface area contributed by atoms with Crippen LogP contribution in [0.1, 0.15) is 24.2 Å². The van der Waals surface area contributed by atoms with Gasteiger partial charge in [0.05, 0.1) is 0 Å². The van der Waals surface area contributed by atoms with Crippen molar-refractivity contribution in [3.8, 4) is 0 Å². The number of aryl methyl sites for hydroxylation is 1. The molecule has 0 saturated carbocycles. The molecule has 4 heteroatoms. The second-order valence-corrected chi connectivity index (χ2v) is 7.49. The van der Waals surface area contributed by atoms with Gasteiger partial charge in [0.1, 0.15) is 16.9 Å². The lowest BCUT2D eigenvalue weighted by molar-refractivity contribution is 0.402. The van der Waals surface area contributed by atoms with Gasteiger partial charge in [-0.15, -0.1) is 0 Å². The summed E-state index contributed by atoms with van der Waals surface area (Å²) in [6, 6.07) is 18.9.